The van der Waals surface area contributed by atoms with Gasteiger partial charge in [-0.3, -0.25) is 0 Å². The number of nitrogens with zero attached hydrogens (tertiary/aromatic N) is 1. The van der Waals surface area contributed by atoms with Gasteiger partial charge in [-0.05, 0) is 76.2 Å². The predicted molar refractivity (Wildman–Crippen MR) is 210 cm³/mol. The maximum atomic E-state index is 3.98. The fraction of sp³-hybridized carbons (Fsp3) is 0.0909. The second-order valence-corrected chi connectivity index (χ2v) is 15.0. The molecule has 0 saturated carbocycles. The maximum Gasteiger partial charge on any atom is 0.198 e. The van der Waals surface area contributed by atoms with E-state index in [1.807, 2.05) is 11.3 Å². The first kappa shape index (κ1) is 27.8. The van der Waals surface area contributed by atoms with Crippen LogP contribution >= 0.6 is 11.3 Å². The monoisotopic (exact) mass is 632 g/mol. The molecule has 0 aliphatic carbocycles. The van der Waals surface area contributed by atoms with E-state index < -0.39 is 0 Å². The van der Waals surface area contributed by atoms with Crippen LogP contribution in [0.3, 0.4) is 0 Å². The second kappa shape index (κ2) is 10.1. The first-order valence-electron chi connectivity index (χ1n) is 16.8. The fourth-order valence-corrected chi connectivity index (χ4v) is 9.52. The van der Waals surface area contributed by atoms with Crippen molar-refractivity contribution >= 4 is 88.9 Å². The molecule has 4 heteroatoms. The van der Waals surface area contributed by atoms with Gasteiger partial charge in [0.05, 0.1) is 11.4 Å². The zero-order valence-corrected chi connectivity index (χ0v) is 28.1. The molecular weight excluding hydrogens is 599 g/mol. The lowest BCUT2D eigenvalue weighted by molar-refractivity contribution is 0.632. The van der Waals surface area contributed by atoms with Gasteiger partial charge in [-0.1, -0.05) is 122 Å². The van der Waals surface area contributed by atoms with Crippen molar-refractivity contribution < 1.29 is 0 Å². The SMILES string of the molecule is Cc1ccc(Nc2c(-c3c4c(cc5ccccc35)N3c5ccccc5C(C)(C)c5cccc(c53)B4)ccc3sc4ccccc4c23)cc1. The van der Waals surface area contributed by atoms with E-state index in [9.17, 15) is 0 Å². The van der Waals surface area contributed by atoms with E-state index in [4.69, 9.17) is 0 Å². The number of para-hydroxylation sites is 2. The molecule has 2 nitrogen and oxygen atoms in total. The fourth-order valence-electron chi connectivity index (χ4n) is 8.40. The second-order valence-electron chi connectivity index (χ2n) is 13.9. The number of hydrogen-bond donors (Lipinski definition) is 1. The molecule has 2 aliphatic heterocycles. The molecule has 0 unspecified atom stereocenters. The van der Waals surface area contributed by atoms with E-state index in [0.29, 0.717) is 0 Å². The van der Waals surface area contributed by atoms with Gasteiger partial charge in [-0.15, -0.1) is 11.3 Å². The number of aryl methyl sites for hydroxylation is 1. The molecule has 3 heterocycles. The quantitative estimate of drug-likeness (QED) is 0.195. The Labute approximate surface area is 285 Å². The van der Waals surface area contributed by atoms with Gasteiger partial charge in [-0.2, -0.15) is 0 Å². The molecule has 0 saturated heterocycles. The zero-order valence-electron chi connectivity index (χ0n) is 27.3. The van der Waals surface area contributed by atoms with Crippen LogP contribution in [0.2, 0.25) is 0 Å². The van der Waals surface area contributed by atoms with Crippen molar-refractivity contribution in [3.63, 3.8) is 0 Å². The summed E-state index contributed by atoms with van der Waals surface area (Å²) in [6, 6.07) is 49.7. The molecule has 0 amide bonds. The molecule has 228 valence electrons. The molecule has 2 aliphatic rings. The summed E-state index contributed by atoms with van der Waals surface area (Å²) in [4.78, 5) is 2.58. The van der Waals surface area contributed by atoms with E-state index in [2.05, 4.69) is 164 Å². The Morgan fingerprint density at radius 1 is 0.667 bits per heavy atom. The van der Waals surface area contributed by atoms with Crippen molar-refractivity contribution in [3.05, 3.63) is 150 Å². The van der Waals surface area contributed by atoms with Crippen LogP contribution in [0.4, 0.5) is 28.4 Å². The minimum absolute atomic E-state index is 0.0915. The van der Waals surface area contributed by atoms with E-state index in [1.165, 1.54) is 92.4 Å². The molecule has 7 aromatic carbocycles. The summed E-state index contributed by atoms with van der Waals surface area (Å²) in [5.74, 6) is 0. The number of nitrogens with one attached hydrogen (secondary N) is 1. The van der Waals surface area contributed by atoms with Crippen LogP contribution in [-0.2, 0) is 5.41 Å². The summed E-state index contributed by atoms with van der Waals surface area (Å²) in [6.07, 6.45) is 0. The number of benzene rings is 7. The maximum absolute atomic E-state index is 3.98. The van der Waals surface area contributed by atoms with Gasteiger partial charge >= 0.3 is 0 Å². The molecule has 8 aromatic rings. The van der Waals surface area contributed by atoms with Gasteiger partial charge in [0.25, 0.3) is 0 Å². The summed E-state index contributed by atoms with van der Waals surface area (Å²) in [6.45, 7) is 6.90. The smallest absolute Gasteiger partial charge is 0.198 e. The lowest BCUT2D eigenvalue weighted by atomic mass is 9.55. The van der Waals surface area contributed by atoms with Crippen LogP contribution in [0.25, 0.3) is 42.1 Å². The van der Waals surface area contributed by atoms with Crippen molar-refractivity contribution in [2.45, 2.75) is 26.2 Å². The number of rotatable bonds is 3. The molecule has 0 radical (unpaired) electrons. The summed E-state index contributed by atoms with van der Waals surface area (Å²) >= 11 is 1.87. The Balaban J connectivity index is 1.32. The van der Waals surface area contributed by atoms with Gasteiger partial charge < -0.3 is 10.2 Å². The van der Waals surface area contributed by atoms with Gasteiger partial charge in [0.2, 0.25) is 0 Å². The molecule has 0 fully saturated rings. The summed E-state index contributed by atoms with van der Waals surface area (Å²) in [7, 11) is 0.875. The van der Waals surface area contributed by atoms with E-state index in [-0.39, 0.29) is 5.41 Å². The number of hydrogen-bond acceptors (Lipinski definition) is 3. The van der Waals surface area contributed by atoms with Crippen molar-refractivity contribution in [2.75, 3.05) is 10.2 Å². The first-order chi connectivity index (χ1) is 23.5. The first-order valence-corrected chi connectivity index (χ1v) is 17.6. The molecule has 10 rings (SSSR count). The minimum Gasteiger partial charge on any atom is -0.354 e. The Hall–Kier alpha value is -5.32. The third-order valence-electron chi connectivity index (χ3n) is 10.7. The van der Waals surface area contributed by atoms with Crippen molar-refractivity contribution in [1.82, 2.24) is 0 Å². The van der Waals surface area contributed by atoms with Crippen LogP contribution in [-0.4, -0.2) is 7.28 Å². The van der Waals surface area contributed by atoms with Crippen molar-refractivity contribution in [1.29, 1.82) is 0 Å². The van der Waals surface area contributed by atoms with Crippen molar-refractivity contribution in [3.8, 4) is 11.1 Å². The molecule has 1 N–H and O–H groups in total. The van der Waals surface area contributed by atoms with Crippen LogP contribution in [0.15, 0.2) is 133 Å². The molecule has 0 spiro atoms. The number of anilines is 5. The summed E-state index contributed by atoms with van der Waals surface area (Å²) in [5.41, 5.74) is 15.4. The average molecular weight is 633 g/mol. The third kappa shape index (κ3) is 3.87. The van der Waals surface area contributed by atoms with Gasteiger partial charge in [0.1, 0.15) is 0 Å². The highest BCUT2D eigenvalue weighted by atomic mass is 32.1. The lowest BCUT2D eigenvalue weighted by Crippen LogP contribution is -2.45. The Bertz CT molecular complexity index is 2610. The zero-order chi connectivity index (χ0) is 32.1. The lowest BCUT2D eigenvalue weighted by Gasteiger charge is -2.46. The highest BCUT2D eigenvalue weighted by Gasteiger charge is 2.41. The largest absolute Gasteiger partial charge is 0.354 e. The van der Waals surface area contributed by atoms with E-state index >= 15 is 0 Å². The minimum atomic E-state index is -0.0915. The predicted octanol–water partition coefficient (Wildman–Crippen LogP) is 10.7. The van der Waals surface area contributed by atoms with Gasteiger partial charge in [0, 0.05) is 48.2 Å². The van der Waals surface area contributed by atoms with E-state index in [0.717, 1.165) is 13.0 Å². The number of thiophene rings is 1. The topological polar surface area (TPSA) is 15.3 Å². The molecule has 1 aromatic heterocycles. The number of fused-ring (bicyclic) bond motifs is 8. The standard InChI is InChI=1S/C44H33BN2S/c1-26-19-21-28(22-20-26)46-42-31(23-24-38-40(42)30-13-6-9-18-37(30)48-38)39-29-12-5-4-11-27(29)25-36-41(39)45-34-16-10-15-33-43(34)47(36)35-17-8-7-14-32(35)44(33,2)3/h4-25,45-46H,1-3H3. The van der Waals surface area contributed by atoms with Crippen molar-refractivity contribution in [2.24, 2.45) is 0 Å². The Morgan fingerprint density at radius 3 is 2.29 bits per heavy atom. The highest BCUT2D eigenvalue weighted by molar-refractivity contribution is 7.26. The summed E-state index contributed by atoms with van der Waals surface area (Å²) < 4.78 is 2.61. The Morgan fingerprint density at radius 2 is 1.42 bits per heavy atom. The van der Waals surface area contributed by atoms with Gasteiger partial charge in [-0.25, -0.2) is 0 Å². The van der Waals surface area contributed by atoms with Gasteiger partial charge in [0.15, 0.2) is 7.28 Å². The average Bonchev–Trinajstić information content (AvgIpc) is 3.49. The molecule has 0 bridgehead atoms. The van der Waals surface area contributed by atoms with E-state index in [1.54, 1.807) is 0 Å². The normalized spacial score (nSPS) is 14.0. The van der Waals surface area contributed by atoms with Crippen LogP contribution in [0.1, 0.15) is 30.5 Å². The molecule has 0 atom stereocenters. The Kier molecular flexibility index (Phi) is 5.84. The van der Waals surface area contributed by atoms with Crippen LogP contribution in [0.5, 0.6) is 0 Å². The third-order valence-corrected chi connectivity index (χ3v) is 11.8. The summed E-state index contributed by atoms with van der Waals surface area (Å²) in [5, 5.41) is 9.10. The van der Waals surface area contributed by atoms with Crippen LogP contribution in [0, 0.1) is 6.92 Å². The molecule has 48 heavy (non-hydrogen) atoms. The van der Waals surface area contributed by atoms with Crippen LogP contribution < -0.4 is 21.1 Å². The molecular formula is C44H33BN2S. The highest BCUT2D eigenvalue weighted by Crippen LogP contribution is 2.53.